The van der Waals surface area contributed by atoms with Crippen LogP contribution in [0.1, 0.15) is 44.8 Å². The number of nitrogens with zero attached hydrogens (tertiary/aromatic N) is 8. The molecule has 12 nitrogen and oxygen atoms in total. The molecule has 3 aliphatic rings. The van der Waals surface area contributed by atoms with Gasteiger partial charge in [-0.2, -0.15) is 0 Å². The molecule has 2 fully saturated rings. The van der Waals surface area contributed by atoms with Crippen molar-refractivity contribution in [1.29, 1.82) is 0 Å². The van der Waals surface area contributed by atoms with Crippen molar-refractivity contribution in [2.75, 3.05) is 38.3 Å². The fourth-order valence-electron chi connectivity index (χ4n) is 5.04. The van der Waals surface area contributed by atoms with E-state index in [1.165, 1.54) is 5.01 Å². The highest BCUT2D eigenvalue weighted by Crippen LogP contribution is 2.46. The number of anilines is 1. The van der Waals surface area contributed by atoms with Crippen molar-refractivity contribution >= 4 is 24.5 Å². The third-order valence-corrected chi connectivity index (χ3v) is 6.98. The highest BCUT2D eigenvalue weighted by Gasteiger charge is 2.53. The molecule has 3 aliphatic heterocycles. The van der Waals surface area contributed by atoms with Crippen LogP contribution in [0.25, 0.3) is 0 Å². The van der Waals surface area contributed by atoms with Crippen molar-refractivity contribution in [3.05, 3.63) is 29.2 Å². The zero-order valence-corrected chi connectivity index (χ0v) is 19.7. The van der Waals surface area contributed by atoms with Gasteiger partial charge in [-0.25, -0.2) is 19.8 Å². The van der Waals surface area contributed by atoms with E-state index < -0.39 is 11.5 Å². The van der Waals surface area contributed by atoms with Crippen LogP contribution in [0.5, 0.6) is 0 Å². The summed E-state index contributed by atoms with van der Waals surface area (Å²) < 4.78 is 5.13. The van der Waals surface area contributed by atoms with E-state index in [2.05, 4.69) is 37.1 Å². The minimum atomic E-state index is -0.756. The highest BCUT2D eigenvalue weighted by atomic mass is 16.5. The average molecular weight is 471 g/mol. The Morgan fingerprint density at radius 3 is 2.59 bits per heavy atom. The summed E-state index contributed by atoms with van der Waals surface area (Å²) in [4.78, 5) is 37.6. The number of β-amino-alcohol motifs (C(OH)–C–C–N with tert-alkyl or cyclic N) is 1. The zero-order valence-electron chi connectivity index (χ0n) is 19.7. The fraction of sp³-hybridized carbons (Fsp3) is 0.591. The maximum atomic E-state index is 13.4. The lowest BCUT2D eigenvalue weighted by Gasteiger charge is -2.38. The Labute approximate surface area is 198 Å². The third kappa shape index (κ3) is 4.42. The highest BCUT2D eigenvalue weighted by molar-refractivity contribution is 5.94. The number of hydrogen-bond acceptors (Lipinski definition) is 9. The van der Waals surface area contributed by atoms with Crippen molar-refractivity contribution in [2.24, 2.45) is 21.0 Å². The third-order valence-electron chi connectivity index (χ3n) is 6.98. The largest absolute Gasteiger partial charge is 0.456 e. The molecule has 0 bridgehead atoms. The summed E-state index contributed by atoms with van der Waals surface area (Å²) in [5.74, 6) is 0.0627. The minimum Gasteiger partial charge on any atom is -0.456 e. The van der Waals surface area contributed by atoms with Crippen molar-refractivity contribution in [3.8, 4) is 0 Å². The number of rotatable bonds is 7. The molecule has 0 aliphatic carbocycles. The van der Waals surface area contributed by atoms with Crippen LogP contribution in [-0.2, 0) is 14.3 Å². The minimum absolute atomic E-state index is 0.0275. The van der Waals surface area contributed by atoms with E-state index >= 15 is 0 Å². The fourth-order valence-corrected chi connectivity index (χ4v) is 5.04. The summed E-state index contributed by atoms with van der Waals surface area (Å²) in [6.07, 6.45) is 4.55. The number of piperidine rings is 1. The van der Waals surface area contributed by atoms with E-state index in [9.17, 15) is 14.7 Å². The first kappa shape index (κ1) is 23.9. The number of cyclic esters (lactones) is 1. The van der Waals surface area contributed by atoms with Crippen LogP contribution in [0.3, 0.4) is 0 Å². The smallest absolute Gasteiger partial charge is 0.336 e. The van der Waals surface area contributed by atoms with Crippen LogP contribution in [-0.4, -0.2) is 82.8 Å². The number of aliphatic hydroxyl groups excluding tert-OH is 1. The molecule has 1 spiro atoms. The Bertz CT molecular complexity index is 1020. The predicted molar refractivity (Wildman–Crippen MR) is 122 cm³/mol. The molecule has 1 aromatic rings. The molecule has 12 heteroatoms. The lowest BCUT2D eigenvalue weighted by Crippen LogP contribution is -2.45. The number of carbonyl (C=O) groups excluding carboxylic acids is 2. The van der Waals surface area contributed by atoms with Gasteiger partial charge in [-0.05, 0) is 56.6 Å². The van der Waals surface area contributed by atoms with E-state index in [0.717, 1.165) is 6.42 Å². The molecule has 0 radical (unpaired) electrons. The van der Waals surface area contributed by atoms with Crippen molar-refractivity contribution in [1.82, 2.24) is 19.8 Å². The second kappa shape index (κ2) is 9.55. The molecule has 1 amide bonds. The SMILES string of the molecule is C=N/N=N\N(C)c1ncc([C@@H](O)CN2CCC3(CC2)CC(C)N(C2=C(C)C(=O)OC2)C3=O)cn1. The van der Waals surface area contributed by atoms with Gasteiger partial charge in [-0.15, -0.1) is 5.10 Å². The lowest BCUT2D eigenvalue weighted by molar-refractivity contribution is -0.139. The Kier molecular flexibility index (Phi) is 6.71. The molecule has 1 unspecified atom stereocenters. The van der Waals surface area contributed by atoms with E-state index in [1.807, 2.05) is 6.92 Å². The molecule has 4 rings (SSSR count). The van der Waals surface area contributed by atoms with Gasteiger partial charge >= 0.3 is 5.97 Å². The van der Waals surface area contributed by atoms with Crippen LogP contribution in [0.15, 0.2) is 39.2 Å². The van der Waals surface area contributed by atoms with Gasteiger partial charge in [0.1, 0.15) is 6.61 Å². The Morgan fingerprint density at radius 2 is 2.00 bits per heavy atom. The number of aromatic nitrogens is 2. The number of aliphatic hydroxyl groups is 1. The molecular weight excluding hydrogens is 440 g/mol. The summed E-state index contributed by atoms with van der Waals surface area (Å²) in [6, 6.07) is 0.0275. The van der Waals surface area contributed by atoms with Crippen molar-refractivity contribution in [2.45, 2.75) is 45.3 Å². The van der Waals surface area contributed by atoms with Gasteiger partial charge in [0.25, 0.3) is 0 Å². The Balaban J connectivity index is 1.35. The van der Waals surface area contributed by atoms with Crippen LogP contribution in [0, 0.1) is 5.41 Å². The standard InChI is InChI=1S/C22H30N8O4/c1-14-9-22(20(33)30(14)17-13-34-19(32)15(17)2)5-7-29(8-6-22)12-18(31)16-10-24-21(25-11-16)28(4)27-26-23-3/h10-11,14,18,31H,3,5-9,12-13H2,1-2,4H3/b27-26-/t14?,18-/m0/s1. The number of amides is 1. The number of carbonyl (C=O) groups is 2. The number of esters is 1. The number of hydrogen-bond donors (Lipinski definition) is 1. The number of likely N-dealkylation sites (tertiary alicyclic amines) is 2. The van der Waals surface area contributed by atoms with Crippen LogP contribution in [0.2, 0.25) is 0 Å². The van der Waals surface area contributed by atoms with Gasteiger partial charge in [0.05, 0.1) is 22.8 Å². The molecule has 0 saturated carbocycles. The van der Waals surface area contributed by atoms with Gasteiger partial charge in [0.15, 0.2) is 0 Å². The van der Waals surface area contributed by atoms with Crippen LogP contribution in [0.4, 0.5) is 5.95 Å². The zero-order chi connectivity index (χ0) is 24.5. The first-order valence-electron chi connectivity index (χ1n) is 11.3. The average Bonchev–Trinajstić information content (AvgIpc) is 3.28. The topological polar surface area (TPSA) is 136 Å². The maximum absolute atomic E-state index is 13.4. The molecule has 0 aromatic carbocycles. The molecule has 182 valence electrons. The monoisotopic (exact) mass is 470 g/mol. The van der Waals surface area contributed by atoms with Crippen LogP contribution >= 0.6 is 0 Å². The van der Waals surface area contributed by atoms with Gasteiger partial charge in [0, 0.05) is 44.3 Å². The van der Waals surface area contributed by atoms with E-state index in [-0.39, 0.29) is 24.5 Å². The lowest BCUT2D eigenvalue weighted by atomic mass is 9.76. The molecule has 2 atom stereocenters. The second-order valence-electron chi connectivity index (χ2n) is 9.13. The first-order valence-corrected chi connectivity index (χ1v) is 11.3. The molecule has 1 N–H and O–H groups in total. The summed E-state index contributed by atoms with van der Waals surface area (Å²) in [5.41, 5.74) is 1.40. The van der Waals surface area contributed by atoms with Crippen molar-refractivity contribution in [3.63, 3.8) is 0 Å². The van der Waals surface area contributed by atoms with E-state index in [4.69, 9.17) is 4.74 Å². The maximum Gasteiger partial charge on any atom is 0.336 e. The first-order chi connectivity index (χ1) is 16.3. The van der Waals surface area contributed by atoms with Gasteiger partial charge in [-0.3, -0.25) is 4.79 Å². The molecule has 1 aromatic heterocycles. The normalized spacial score (nSPS) is 23.8. The number of ether oxygens (including phenoxy) is 1. The Morgan fingerprint density at radius 1 is 1.32 bits per heavy atom. The van der Waals surface area contributed by atoms with Crippen molar-refractivity contribution < 1.29 is 19.4 Å². The Hall–Kier alpha value is -3.25. The summed E-state index contributed by atoms with van der Waals surface area (Å²) >= 11 is 0. The summed E-state index contributed by atoms with van der Waals surface area (Å²) in [5, 5.41) is 22.5. The summed E-state index contributed by atoms with van der Waals surface area (Å²) in [6.45, 7) is 8.97. The van der Waals surface area contributed by atoms with Gasteiger partial charge in [0.2, 0.25) is 11.9 Å². The van der Waals surface area contributed by atoms with E-state index in [1.54, 1.807) is 31.3 Å². The van der Waals surface area contributed by atoms with Crippen LogP contribution < -0.4 is 5.01 Å². The molecule has 34 heavy (non-hydrogen) atoms. The molecular formula is C22H30N8O4. The molecule has 4 heterocycles. The quantitative estimate of drug-likeness (QED) is 0.274. The molecule has 2 saturated heterocycles. The van der Waals surface area contributed by atoms with E-state index in [0.29, 0.717) is 55.3 Å². The van der Waals surface area contributed by atoms with Gasteiger partial charge in [-0.1, -0.05) is 0 Å². The predicted octanol–water partition coefficient (Wildman–Crippen LogP) is 1.46. The second-order valence-corrected chi connectivity index (χ2v) is 9.13. The summed E-state index contributed by atoms with van der Waals surface area (Å²) in [7, 11) is 1.63. The van der Waals surface area contributed by atoms with Gasteiger partial charge < -0.3 is 19.6 Å².